The van der Waals surface area contributed by atoms with E-state index in [4.69, 9.17) is 18.9 Å². The summed E-state index contributed by atoms with van der Waals surface area (Å²) in [6, 6.07) is 0. The molecule has 4 aliphatic heterocycles. The quantitative estimate of drug-likeness (QED) is 0.0319. The molecule has 4 fully saturated rings. The summed E-state index contributed by atoms with van der Waals surface area (Å²) in [6.45, 7) is 23.0. The molecular formula is C71H130N4O12. The number of esters is 4. The zero-order chi connectivity index (χ0) is 64.1. The fourth-order valence-electron chi connectivity index (χ4n) is 11.8. The number of hydrogen-bond donors (Lipinski definition) is 0. The van der Waals surface area contributed by atoms with Crippen molar-refractivity contribution in [1.82, 2.24) is 19.6 Å². The molecule has 0 radical (unpaired) electrons. The summed E-state index contributed by atoms with van der Waals surface area (Å²) in [4.78, 5) is 101. The highest BCUT2D eigenvalue weighted by atomic mass is 16.5. The van der Waals surface area contributed by atoms with Gasteiger partial charge in [0.2, 0.25) is 23.6 Å². The Morgan fingerprint density at radius 3 is 0.713 bits per heavy atom. The van der Waals surface area contributed by atoms with Crippen LogP contribution in [0.3, 0.4) is 0 Å². The predicted molar refractivity (Wildman–Crippen MR) is 350 cm³/mol. The van der Waals surface area contributed by atoms with Crippen LogP contribution in [0, 0.1) is 23.7 Å². The van der Waals surface area contributed by atoms with E-state index in [1.165, 1.54) is 193 Å². The lowest BCUT2D eigenvalue weighted by Crippen LogP contribution is -2.27. The Bertz CT molecular complexity index is 1820. The van der Waals surface area contributed by atoms with Crippen molar-refractivity contribution in [2.24, 2.45) is 23.7 Å². The first-order valence-electron chi connectivity index (χ1n) is 36.0. The molecule has 4 saturated heterocycles. The lowest BCUT2D eigenvalue weighted by Gasteiger charge is -2.16. The van der Waals surface area contributed by atoms with Crippen molar-refractivity contribution < 1.29 is 57.3 Å². The number of amides is 4. The van der Waals surface area contributed by atoms with Crippen molar-refractivity contribution in [1.29, 1.82) is 0 Å². The van der Waals surface area contributed by atoms with Gasteiger partial charge >= 0.3 is 23.9 Å². The average molecular weight is 1230 g/mol. The van der Waals surface area contributed by atoms with Gasteiger partial charge < -0.3 is 38.5 Å². The second kappa shape index (κ2) is 54.7. The minimum atomic E-state index is -0.246. The van der Waals surface area contributed by atoms with Crippen molar-refractivity contribution in [3.05, 3.63) is 0 Å². The standard InChI is InChI=1S/C23H43NO3.C19H35NO3.C18H33NO3.C11H19NO3/c1-3-5-6-7-8-9-10-11-12-13-14-15-16-17-18-24-20-21(19-22(24)25)23(26)27-4-2;1-3-5-6-7-8-9-10-11-12-13-14-20-16-17(15-18(20)21)19(22)23-4-2;1-3-5-6-7-8-9-10-11-12-13-19-15-16(14-17(19)20)18(21)22-4-2;1-3-5-6-15-11(14)9-7-10(13)12(4-2)8-9/h21H,3-20H2,1-2H3;17H,3-16H2,1-2H3;16H,3-15H2,1-2H3;9H,3-8H2,1-2H3. The Hall–Kier alpha value is -4.24. The van der Waals surface area contributed by atoms with Gasteiger partial charge in [-0.05, 0) is 53.4 Å². The number of likely N-dealkylation sites (tertiary alicyclic amines) is 4. The van der Waals surface area contributed by atoms with Crippen LogP contribution in [0.4, 0.5) is 0 Å². The van der Waals surface area contributed by atoms with Crippen molar-refractivity contribution in [3.63, 3.8) is 0 Å². The average Bonchev–Trinajstić information content (AvgIpc) is 3.84. The third kappa shape index (κ3) is 39.5. The normalized spacial score (nSPS) is 18.1. The molecule has 0 aromatic heterocycles. The van der Waals surface area contributed by atoms with E-state index in [2.05, 4.69) is 20.8 Å². The van der Waals surface area contributed by atoms with Gasteiger partial charge in [0.25, 0.3) is 0 Å². The van der Waals surface area contributed by atoms with Crippen molar-refractivity contribution in [2.45, 2.75) is 306 Å². The van der Waals surface area contributed by atoms with Crippen LogP contribution in [-0.2, 0) is 57.3 Å². The van der Waals surface area contributed by atoms with Gasteiger partial charge in [0.1, 0.15) is 0 Å². The fourth-order valence-corrected chi connectivity index (χ4v) is 11.8. The molecule has 0 aromatic carbocycles. The summed E-state index contributed by atoms with van der Waals surface area (Å²) in [5.74, 6) is -1.44. The molecule has 4 atom stereocenters. The minimum absolute atomic E-state index is 0.0648. The van der Waals surface area contributed by atoms with Crippen LogP contribution in [0.1, 0.15) is 306 Å². The van der Waals surface area contributed by atoms with Gasteiger partial charge in [0.15, 0.2) is 0 Å². The SMILES string of the molecule is CCCCCCCCCCCCCCCCN1CC(C(=O)OCC)CC1=O.CCCCCCCCCCCCN1CC(C(=O)OCC)CC1=O.CCCCCCCCCCCN1CC(C(=O)OCC)CC1=O.CCCCOC(=O)C1CC(=O)N(CC)C1. The molecule has 4 unspecified atom stereocenters. The third-order valence-electron chi connectivity index (χ3n) is 17.3. The zero-order valence-corrected chi connectivity index (χ0v) is 57.1. The largest absolute Gasteiger partial charge is 0.466 e. The van der Waals surface area contributed by atoms with Gasteiger partial charge in [0, 0.05) is 78.0 Å². The Kier molecular flexibility index (Phi) is 50.8. The van der Waals surface area contributed by atoms with Crippen LogP contribution in [0.5, 0.6) is 0 Å². The number of ether oxygens (including phenoxy) is 4. The van der Waals surface area contributed by atoms with Gasteiger partial charge in [-0.2, -0.15) is 0 Å². The van der Waals surface area contributed by atoms with E-state index in [9.17, 15) is 38.4 Å². The molecule has 0 spiro atoms. The highest BCUT2D eigenvalue weighted by Gasteiger charge is 2.37. The minimum Gasteiger partial charge on any atom is -0.466 e. The van der Waals surface area contributed by atoms with Gasteiger partial charge in [-0.1, -0.05) is 227 Å². The van der Waals surface area contributed by atoms with Gasteiger partial charge in [-0.15, -0.1) is 0 Å². The van der Waals surface area contributed by atoms with Crippen molar-refractivity contribution in [3.8, 4) is 0 Å². The Labute approximate surface area is 530 Å². The highest BCUT2D eigenvalue weighted by Crippen LogP contribution is 2.24. The molecule has 16 nitrogen and oxygen atoms in total. The highest BCUT2D eigenvalue weighted by molar-refractivity contribution is 5.88. The molecule has 87 heavy (non-hydrogen) atoms. The Morgan fingerprint density at radius 2 is 0.494 bits per heavy atom. The van der Waals surface area contributed by atoms with Crippen LogP contribution >= 0.6 is 0 Å². The topological polar surface area (TPSA) is 186 Å². The molecule has 506 valence electrons. The summed E-state index contributed by atoms with van der Waals surface area (Å²) in [5, 5.41) is 0. The first-order valence-corrected chi connectivity index (χ1v) is 36.0. The first-order chi connectivity index (χ1) is 42.2. The number of nitrogens with zero attached hydrogens (tertiary/aromatic N) is 4. The second-order valence-electron chi connectivity index (χ2n) is 24.9. The molecular weight excluding hydrogens is 1100 g/mol. The first kappa shape index (κ1) is 80.8. The van der Waals surface area contributed by atoms with E-state index in [0.29, 0.717) is 84.8 Å². The molecule has 4 amide bonds. The van der Waals surface area contributed by atoms with E-state index in [1.807, 2.05) is 28.5 Å². The summed E-state index contributed by atoms with van der Waals surface area (Å²) in [7, 11) is 0. The summed E-state index contributed by atoms with van der Waals surface area (Å²) < 4.78 is 20.1. The lowest BCUT2D eigenvalue weighted by atomic mass is 10.0. The Balaban J connectivity index is 0.000000590. The van der Waals surface area contributed by atoms with Crippen molar-refractivity contribution in [2.75, 3.05) is 78.8 Å². The molecule has 0 saturated carbocycles. The maximum atomic E-state index is 12.0. The third-order valence-corrected chi connectivity index (χ3v) is 17.3. The van der Waals surface area contributed by atoms with E-state index < -0.39 is 0 Å². The van der Waals surface area contributed by atoms with Crippen LogP contribution in [0.2, 0.25) is 0 Å². The summed E-state index contributed by atoms with van der Waals surface area (Å²) >= 11 is 0. The molecule has 16 heteroatoms. The Morgan fingerprint density at radius 1 is 0.287 bits per heavy atom. The molecule has 4 aliphatic rings. The van der Waals surface area contributed by atoms with Gasteiger partial charge in [-0.3, -0.25) is 38.4 Å². The number of carbonyl (C=O) groups excluding carboxylic acids is 8. The summed E-state index contributed by atoms with van der Waals surface area (Å²) in [6.07, 6.45) is 46.5. The summed E-state index contributed by atoms with van der Waals surface area (Å²) in [5.41, 5.74) is 0. The maximum absolute atomic E-state index is 12.0. The van der Waals surface area contributed by atoms with Crippen LogP contribution in [-0.4, -0.2) is 146 Å². The molecule has 0 bridgehead atoms. The fraction of sp³-hybridized carbons (Fsp3) is 0.887. The molecule has 4 rings (SSSR count). The maximum Gasteiger partial charge on any atom is 0.311 e. The van der Waals surface area contributed by atoms with Crippen LogP contribution < -0.4 is 0 Å². The molecule has 0 N–H and O–H groups in total. The monoisotopic (exact) mass is 1230 g/mol. The van der Waals surface area contributed by atoms with Gasteiger partial charge in [0.05, 0.1) is 50.1 Å². The predicted octanol–water partition coefficient (Wildman–Crippen LogP) is 15.3. The smallest absolute Gasteiger partial charge is 0.311 e. The number of unbranched alkanes of at least 4 members (excludes halogenated alkanes) is 31. The van der Waals surface area contributed by atoms with Crippen LogP contribution in [0.15, 0.2) is 0 Å². The molecule has 0 aliphatic carbocycles. The van der Waals surface area contributed by atoms with E-state index in [-0.39, 0.29) is 71.2 Å². The second-order valence-corrected chi connectivity index (χ2v) is 24.9. The molecule has 4 heterocycles. The van der Waals surface area contributed by atoms with Crippen molar-refractivity contribution >= 4 is 47.5 Å². The van der Waals surface area contributed by atoms with Crippen LogP contribution in [0.25, 0.3) is 0 Å². The lowest BCUT2D eigenvalue weighted by molar-refractivity contribution is -0.149. The van der Waals surface area contributed by atoms with Gasteiger partial charge in [-0.25, -0.2) is 0 Å². The number of hydrogen-bond acceptors (Lipinski definition) is 12. The molecule has 0 aromatic rings. The zero-order valence-electron chi connectivity index (χ0n) is 57.1. The van der Waals surface area contributed by atoms with E-state index in [1.54, 1.807) is 25.7 Å². The van der Waals surface area contributed by atoms with E-state index in [0.717, 1.165) is 51.7 Å². The number of rotatable bonds is 47. The number of carbonyl (C=O) groups is 8. The van der Waals surface area contributed by atoms with E-state index >= 15 is 0 Å².